The molecule has 15 heavy (non-hydrogen) atoms. The van der Waals surface area contributed by atoms with Crippen molar-refractivity contribution in [3.05, 3.63) is 20.8 Å². The number of thiophene rings is 1. The summed E-state index contributed by atoms with van der Waals surface area (Å²) in [4.78, 5) is 12.5. The minimum absolute atomic E-state index is 0.00752. The van der Waals surface area contributed by atoms with Gasteiger partial charge in [0.15, 0.2) is 0 Å². The Labute approximate surface area is 103 Å². The summed E-state index contributed by atoms with van der Waals surface area (Å²) < 4.78 is 0.982. The smallest absolute Gasteiger partial charge is 0.261 e. The zero-order valence-electron chi connectivity index (χ0n) is 9.43. The average Bonchev–Trinajstić information content (AvgIpc) is 2.50. The zero-order chi connectivity index (χ0) is 11.6. The molecule has 0 radical (unpaired) electrons. The van der Waals surface area contributed by atoms with E-state index in [1.807, 2.05) is 19.1 Å². The monoisotopic (exact) mass is 289 g/mol. The summed E-state index contributed by atoms with van der Waals surface area (Å²) in [6, 6.07) is 3.88. The zero-order valence-corrected chi connectivity index (χ0v) is 11.8. The third kappa shape index (κ3) is 3.61. The van der Waals surface area contributed by atoms with Crippen molar-refractivity contribution in [3.63, 3.8) is 0 Å². The molecule has 1 atom stereocenters. The molecule has 4 heteroatoms. The van der Waals surface area contributed by atoms with Gasteiger partial charge in [-0.3, -0.25) is 4.79 Å². The maximum atomic E-state index is 11.8. The third-order valence-electron chi connectivity index (χ3n) is 2.44. The van der Waals surface area contributed by atoms with Crippen LogP contribution in [0.15, 0.2) is 15.9 Å². The Morgan fingerprint density at radius 2 is 2.07 bits per heavy atom. The van der Waals surface area contributed by atoms with Crippen molar-refractivity contribution in [2.45, 2.75) is 33.7 Å². The van der Waals surface area contributed by atoms with Crippen molar-refractivity contribution >= 4 is 33.2 Å². The van der Waals surface area contributed by atoms with Gasteiger partial charge in [-0.2, -0.15) is 0 Å². The molecule has 1 aromatic rings. The highest BCUT2D eigenvalue weighted by atomic mass is 79.9. The maximum Gasteiger partial charge on any atom is 0.261 e. The Kier molecular flexibility index (Phi) is 3.95. The largest absolute Gasteiger partial charge is 0.348 e. The SMILES string of the molecule is CC(NC(=O)c1ccc(Br)s1)C(C)(C)C. The van der Waals surface area contributed by atoms with Gasteiger partial charge in [0.2, 0.25) is 0 Å². The van der Waals surface area contributed by atoms with E-state index in [-0.39, 0.29) is 17.4 Å². The molecule has 0 saturated carbocycles. The third-order valence-corrected chi connectivity index (χ3v) is 4.07. The molecular weight excluding hydrogens is 274 g/mol. The van der Waals surface area contributed by atoms with Gasteiger partial charge in [0.1, 0.15) is 0 Å². The molecule has 0 aliphatic heterocycles. The van der Waals surface area contributed by atoms with Crippen molar-refractivity contribution < 1.29 is 4.79 Å². The minimum Gasteiger partial charge on any atom is -0.348 e. The molecule has 1 amide bonds. The summed E-state index contributed by atoms with van der Waals surface area (Å²) >= 11 is 4.80. The molecule has 1 N–H and O–H groups in total. The van der Waals surface area contributed by atoms with E-state index in [2.05, 4.69) is 42.0 Å². The van der Waals surface area contributed by atoms with Gasteiger partial charge in [0, 0.05) is 6.04 Å². The second-order valence-electron chi connectivity index (χ2n) is 4.66. The second kappa shape index (κ2) is 4.66. The van der Waals surface area contributed by atoms with E-state index in [4.69, 9.17) is 0 Å². The van der Waals surface area contributed by atoms with Crippen LogP contribution >= 0.6 is 27.3 Å². The van der Waals surface area contributed by atoms with Gasteiger partial charge >= 0.3 is 0 Å². The Morgan fingerprint density at radius 1 is 1.47 bits per heavy atom. The summed E-state index contributed by atoms with van der Waals surface area (Å²) in [7, 11) is 0. The fraction of sp³-hybridized carbons (Fsp3) is 0.545. The first-order chi connectivity index (χ1) is 6.80. The van der Waals surface area contributed by atoms with Gasteiger partial charge in [-0.25, -0.2) is 0 Å². The molecular formula is C11H16BrNOS. The highest BCUT2D eigenvalue weighted by Crippen LogP contribution is 2.23. The lowest BCUT2D eigenvalue weighted by molar-refractivity contribution is 0.0914. The molecule has 0 spiro atoms. The van der Waals surface area contributed by atoms with E-state index in [0.29, 0.717) is 0 Å². The molecule has 1 aromatic heterocycles. The predicted octanol–water partition coefficient (Wildman–Crippen LogP) is 3.68. The van der Waals surface area contributed by atoms with Crippen molar-refractivity contribution in [1.82, 2.24) is 5.32 Å². The lowest BCUT2D eigenvalue weighted by Crippen LogP contribution is -2.41. The normalized spacial score (nSPS) is 13.7. The number of hydrogen-bond donors (Lipinski definition) is 1. The Morgan fingerprint density at radius 3 is 2.47 bits per heavy atom. The summed E-state index contributed by atoms with van der Waals surface area (Å²) in [5.74, 6) is 0.00752. The number of rotatable bonds is 2. The average molecular weight is 290 g/mol. The molecule has 0 fully saturated rings. The lowest BCUT2D eigenvalue weighted by atomic mass is 9.88. The van der Waals surface area contributed by atoms with E-state index >= 15 is 0 Å². The topological polar surface area (TPSA) is 29.1 Å². The van der Waals surface area contributed by atoms with E-state index in [0.717, 1.165) is 8.66 Å². The number of halogens is 1. The minimum atomic E-state index is 0.00752. The van der Waals surface area contributed by atoms with Gasteiger partial charge < -0.3 is 5.32 Å². The Balaban J connectivity index is 2.64. The summed E-state index contributed by atoms with van der Waals surface area (Å²) in [6.45, 7) is 8.37. The van der Waals surface area contributed by atoms with E-state index in [1.54, 1.807) is 0 Å². The summed E-state index contributed by atoms with van der Waals surface area (Å²) in [5.41, 5.74) is 0.0875. The molecule has 84 valence electrons. The quantitative estimate of drug-likeness (QED) is 0.884. The van der Waals surface area contributed by atoms with E-state index < -0.39 is 0 Å². The molecule has 0 bridgehead atoms. The number of hydrogen-bond acceptors (Lipinski definition) is 2. The van der Waals surface area contributed by atoms with Crippen LogP contribution in [0.1, 0.15) is 37.4 Å². The molecule has 0 saturated heterocycles. The van der Waals surface area contributed by atoms with Crippen LogP contribution in [0, 0.1) is 5.41 Å². The van der Waals surface area contributed by atoms with Crippen molar-refractivity contribution in [2.75, 3.05) is 0 Å². The summed E-state index contributed by atoms with van der Waals surface area (Å²) in [5, 5.41) is 3.00. The van der Waals surface area contributed by atoms with Crippen LogP contribution in [0.4, 0.5) is 0 Å². The van der Waals surface area contributed by atoms with Gasteiger partial charge in [0.25, 0.3) is 5.91 Å². The molecule has 2 nitrogen and oxygen atoms in total. The second-order valence-corrected chi connectivity index (χ2v) is 7.13. The number of amides is 1. The molecule has 1 heterocycles. The number of carbonyl (C=O) groups excluding carboxylic acids is 1. The fourth-order valence-corrected chi connectivity index (χ4v) is 2.21. The first-order valence-corrected chi connectivity index (χ1v) is 6.48. The van der Waals surface area contributed by atoms with E-state index in [9.17, 15) is 4.79 Å². The van der Waals surface area contributed by atoms with Crippen molar-refractivity contribution in [1.29, 1.82) is 0 Å². The molecule has 1 rings (SSSR count). The van der Waals surface area contributed by atoms with Crippen LogP contribution in [0.2, 0.25) is 0 Å². The maximum absolute atomic E-state index is 11.8. The first-order valence-electron chi connectivity index (χ1n) is 4.87. The number of carbonyl (C=O) groups is 1. The standard InChI is InChI=1S/C11H16BrNOS/c1-7(11(2,3)4)13-10(14)8-5-6-9(12)15-8/h5-7H,1-4H3,(H,13,14). The van der Waals surface area contributed by atoms with Gasteiger partial charge in [0.05, 0.1) is 8.66 Å². The van der Waals surface area contributed by atoms with Crippen LogP contribution in [0.25, 0.3) is 0 Å². The predicted molar refractivity (Wildman–Crippen MR) is 68.4 cm³/mol. The van der Waals surface area contributed by atoms with Gasteiger partial charge in [-0.05, 0) is 40.4 Å². The van der Waals surface area contributed by atoms with Crippen LogP contribution in [0.3, 0.4) is 0 Å². The highest BCUT2D eigenvalue weighted by molar-refractivity contribution is 9.11. The Hall–Kier alpha value is -0.350. The Bertz CT molecular complexity index is 354. The van der Waals surface area contributed by atoms with Crippen molar-refractivity contribution in [2.24, 2.45) is 5.41 Å². The van der Waals surface area contributed by atoms with Crippen LogP contribution in [0.5, 0.6) is 0 Å². The van der Waals surface area contributed by atoms with Crippen LogP contribution in [-0.4, -0.2) is 11.9 Å². The summed E-state index contributed by atoms with van der Waals surface area (Å²) in [6.07, 6.45) is 0. The van der Waals surface area contributed by atoms with Crippen LogP contribution in [-0.2, 0) is 0 Å². The van der Waals surface area contributed by atoms with Gasteiger partial charge in [-0.15, -0.1) is 11.3 Å². The van der Waals surface area contributed by atoms with Crippen LogP contribution < -0.4 is 5.32 Å². The highest BCUT2D eigenvalue weighted by Gasteiger charge is 2.22. The molecule has 0 aliphatic rings. The van der Waals surface area contributed by atoms with Crippen molar-refractivity contribution in [3.8, 4) is 0 Å². The molecule has 0 aromatic carbocycles. The van der Waals surface area contributed by atoms with E-state index in [1.165, 1.54) is 11.3 Å². The lowest BCUT2D eigenvalue weighted by Gasteiger charge is -2.27. The molecule has 1 unspecified atom stereocenters. The van der Waals surface area contributed by atoms with Gasteiger partial charge in [-0.1, -0.05) is 20.8 Å². The molecule has 0 aliphatic carbocycles. The number of nitrogens with one attached hydrogen (secondary N) is 1. The first kappa shape index (κ1) is 12.7. The fourth-order valence-electron chi connectivity index (χ4n) is 0.921.